The molecule has 1 atom stereocenters. The summed E-state index contributed by atoms with van der Waals surface area (Å²) in [6, 6.07) is 5.15. The van der Waals surface area contributed by atoms with Crippen molar-refractivity contribution in [1.29, 1.82) is 0 Å². The van der Waals surface area contributed by atoms with E-state index in [1.54, 1.807) is 25.1 Å². The molecular formula is C13H20N2O3S. The zero-order valence-corrected chi connectivity index (χ0v) is 12.1. The fraction of sp³-hybridized carbons (Fsp3) is 0.462. The first-order valence-electron chi connectivity index (χ1n) is 6.24. The van der Waals surface area contributed by atoms with E-state index in [0.717, 1.165) is 0 Å². The van der Waals surface area contributed by atoms with Crippen LogP contribution in [0.3, 0.4) is 0 Å². The second kappa shape index (κ2) is 7.78. The van der Waals surface area contributed by atoms with Crippen LogP contribution in [0.1, 0.15) is 24.2 Å². The molecule has 0 aliphatic rings. The van der Waals surface area contributed by atoms with E-state index in [1.165, 1.54) is 0 Å². The fourth-order valence-electron chi connectivity index (χ4n) is 1.55. The topological polar surface area (TPSA) is 81.4 Å². The largest absolute Gasteiger partial charge is 0.462 e. The number of nitrogens with one attached hydrogen (secondary N) is 1. The van der Waals surface area contributed by atoms with Crippen molar-refractivity contribution in [2.24, 2.45) is 0 Å². The SMILES string of the molecule is CCOC(=O)c1cccc(NCCS(=O)CC)c1N. The van der Waals surface area contributed by atoms with Gasteiger partial charge in [-0.2, -0.15) is 0 Å². The summed E-state index contributed by atoms with van der Waals surface area (Å²) in [5.74, 6) is 0.764. The van der Waals surface area contributed by atoms with Crippen LogP contribution < -0.4 is 11.1 Å². The van der Waals surface area contributed by atoms with Crippen LogP contribution >= 0.6 is 0 Å². The highest BCUT2D eigenvalue weighted by Crippen LogP contribution is 2.23. The van der Waals surface area contributed by atoms with Crippen LogP contribution in [0.5, 0.6) is 0 Å². The second-order valence-corrected chi connectivity index (χ2v) is 5.71. The van der Waals surface area contributed by atoms with E-state index < -0.39 is 16.8 Å². The van der Waals surface area contributed by atoms with Gasteiger partial charge < -0.3 is 15.8 Å². The number of carbonyl (C=O) groups excluding carboxylic acids is 1. The molecule has 1 rings (SSSR count). The Balaban J connectivity index is 2.72. The summed E-state index contributed by atoms with van der Waals surface area (Å²) in [4.78, 5) is 11.7. The summed E-state index contributed by atoms with van der Waals surface area (Å²) in [7, 11) is -0.819. The lowest BCUT2D eigenvalue weighted by molar-refractivity contribution is 0.0527. The highest BCUT2D eigenvalue weighted by Gasteiger charge is 2.13. The van der Waals surface area contributed by atoms with Gasteiger partial charge >= 0.3 is 5.97 Å². The van der Waals surface area contributed by atoms with Gasteiger partial charge in [0.25, 0.3) is 0 Å². The number of nitrogen functional groups attached to an aromatic ring is 1. The molecule has 0 saturated carbocycles. The molecule has 1 aromatic carbocycles. The predicted molar refractivity (Wildman–Crippen MR) is 78.9 cm³/mol. The monoisotopic (exact) mass is 284 g/mol. The Morgan fingerprint density at radius 1 is 1.42 bits per heavy atom. The Kier molecular flexibility index (Phi) is 6.35. The quantitative estimate of drug-likeness (QED) is 0.587. The van der Waals surface area contributed by atoms with Crippen LogP contribution in [0.2, 0.25) is 0 Å². The summed E-state index contributed by atoms with van der Waals surface area (Å²) in [6.07, 6.45) is 0. The molecule has 1 aromatic rings. The van der Waals surface area contributed by atoms with Crippen LogP contribution in [-0.2, 0) is 15.5 Å². The van der Waals surface area contributed by atoms with E-state index in [4.69, 9.17) is 10.5 Å². The zero-order valence-electron chi connectivity index (χ0n) is 11.3. The molecule has 3 N–H and O–H groups in total. The minimum atomic E-state index is -0.819. The van der Waals surface area contributed by atoms with Crippen molar-refractivity contribution in [2.45, 2.75) is 13.8 Å². The smallest absolute Gasteiger partial charge is 0.340 e. The van der Waals surface area contributed by atoms with Crippen molar-refractivity contribution in [2.75, 3.05) is 35.7 Å². The number of carbonyl (C=O) groups is 1. The van der Waals surface area contributed by atoms with Crippen molar-refractivity contribution < 1.29 is 13.7 Å². The molecule has 0 aromatic heterocycles. The van der Waals surface area contributed by atoms with E-state index in [9.17, 15) is 9.00 Å². The summed E-state index contributed by atoms with van der Waals surface area (Å²) >= 11 is 0. The van der Waals surface area contributed by atoms with Crippen LogP contribution in [0.4, 0.5) is 11.4 Å². The number of benzene rings is 1. The molecule has 0 amide bonds. The molecule has 0 aliphatic carbocycles. The Morgan fingerprint density at radius 2 is 2.16 bits per heavy atom. The van der Waals surface area contributed by atoms with Crippen LogP contribution in [0, 0.1) is 0 Å². The lowest BCUT2D eigenvalue weighted by atomic mass is 10.1. The number of ether oxygens (including phenoxy) is 1. The first-order valence-corrected chi connectivity index (χ1v) is 7.73. The Bertz CT molecular complexity index is 463. The molecule has 0 heterocycles. The Hall–Kier alpha value is -1.56. The number of hydrogen-bond acceptors (Lipinski definition) is 5. The van der Waals surface area contributed by atoms with Crippen molar-refractivity contribution >= 4 is 28.1 Å². The first kappa shape index (κ1) is 15.5. The number of rotatable bonds is 7. The molecular weight excluding hydrogens is 264 g/mol. The second-order valence-electron chi connectivity index (χ2n) is 3.85. The van der Waals surface area contributed by atoms with Gasteiger partial charge in [0.15, 0.2) is 0 Å². The third kappa shape index (κ3) is 4.55. The molecule has 0 aliphatic heterocycles. The molecule has 1 unspecified atom stereocenters. The molecule has 0 radical (unpaired) electrons. The van der Waals surface area contributed by atoms with Gasteiger partial charge in [0, 0.05) is 28.9 Å². The van der Waals surface area contributed by atoms with Crippen LogP contribution in [0.15, 0.2) is 18.2 Å². The zero-order chi connectivity index (χ0) is 14.3. The minimum absolute atomic E-state index is 0.311. The highest BCUT2D eigenvalue weighted by atomic mass is 32.2. The van der Waals surface area contributed by atoms with E-state index in [-0.39, 0.29) is 0 Å². The summed E-state index contributed by atoms with van der Waals surface area (Å²) in [6.45, 7) is 4.49. The van der Waals surface area contributed by atoms with Gasteiger partial charge in [-0.1, -0.05) is 13.0 Å². The average molecular weight is 284 g/mol. The lowest BCUT2D eigenvalue weighted by Gasteiger charge is -2.12. The van der Waals surface area contributed by atoms with Crippen LogP contribution in [0.25, 0.3) is 0 Å². The van der Waals surface area contributed by atoms with Gasteiger partial charge in [-0.15, -0.1) is 0 Å². The summed E-state index contributed by atoms with van der Waals surface area (Å²) in [5.41, 5.74) is 7.30. The molecule has 0 spiro atoms. The minimum Gasteiger partial charge on any atom is -0.462 e. The molecule has 106 valence electrons. The van der Waals surface area contributed by atoms with Crippen molar-refractivity contribution in [3.63, 3.8) is 0 Å². The number of anilines is 2. The highest BCUT2D eigenvalue weighted by molar-refractivity contribution is 7.84. The normalized spacial score (nSPS) is 11.9. The van der Waals surface area contributed by atoms with E-state index >= 15 is 0 Å². The van der Waals surface area contributed by atoms with Gasteiger partial charge in [-0.25, -0.2) is 4.79 Å². The third-order valence-corrected chi connectivity index (χ3v) is 3.87. The van der Waals surface area contributed by atoms with E-state index in [0.29, 0.717) is 41.6 Å². The molecule has 19 heavy (non-hydrogen) atoms. The number of nitrogens with two attached hydrogens (primary N) is 1. The maximum absolute atomic E-state index is 11.7. The van der Waals surface area contributed by atoms with Crippen molar-refractivity contribution in [1.82, 2.24) is 0 Å². The maximum atomic E-state index is 11.7. The molecule has 6 heteroatoms. The van der Waals surface area contributed by atoms with Gasteiger partial charge in [0.2, 0.25) is 0 Å². The predicted octanol–water partition coefficient (Wildman–Crippen LogP) is 1.63. The number of hydrogen-bond donors (Lipinski definition) is 2. The summed E-state index contributed by atoms with van der Waals surface area (Å²) < 4.78 is 16.2. The van der Waals surface area contributed by atoms with Gasteiger partial charge in [-0.05, 0) is 19.1 Å². The van der Waals surface area contributed by atoms with Gasteiger partial charge in [0.1, 0.15) is 0 Å². The molecule has 5 nitrogen and oxygen atoms in total. The maximum Gasteiger partial charge on any atom is 0.340 e. The fourth-order valence-corrected chi connectivity index (χ4v) is 2.17. The van der Waals surface area contributed by atoms with Crippen LogP contribution in [-0.4, -0.2) is 34.8 Å². The Labute approximate surface area is 116 Å². The number of para-hydroxylation sites is 1. The molecule has 0 bridgehead atoms. The van der Waals surface area contributed by atoms with E-state index in [1.807, 2.05) is 6.92 Å². The van der Waals surface area contributed by atoms with Crippen molar-refractivity contribution in [3.05, 3.63) is 23.8 Å². The standard InChI is InChI=1S/C13H20N2O3S/c1-3-18-13(16)10-6-5-7-11(12(10)14)15-8-9-19(17)4-2/h5-7,15H,3-4,8-9,14H2,1-2H3. The van der Waals surface area contributed by atoms with Gasteiger partial charge in [-0.3, -0.25) is 4.21 Å². The number of esters is 1. The molecule has 0 fully saturated rings. The Morgan fingerprint density at radius 3 is 2.79 bits per heavy atom. The molecule has 0 saturated heterocycles. The average Bonchev–Trinajstić information content (AvgIpc) is 2.40. The van der Waals surface area contributed by atoms with Crippen molar-refractivity contribution in [3.8, 4) is 0 Å². The van der Waals surface area contributed by atoms with E-state index in [2.05, 4.69) is 5.32 Å². The first-order chi connectivity index (χ1) is 9.10. The lowest BCUT2D eigenvalue weighted by Crippen LogP contribution is -2.15. The summed E-state index contributed by atoms with van der Waals surface area (Å²) in [5, 5.41) is 3.09. The third-order valence-electron chi connectivity index (χ3n) is 2.57. The van der Waals surface area contributed by atoms with Gasteiger partial charge in [0.05, 0.1) is 23.5 Å².